The molecule has 1 fully saturated rings. The molecule has 0 bridgehead atoms. The van der Waals surface area contributed by atoms with Crippen molar-refractivity contribution in [3.8, 4) is 0 Å². The monoisotopic (exact) mass is 297 g/mol. The standard InChI is InChI=1S/C16H25F2N3/c1-16(2,3)21-9-7-20(8-10-21)14(11-19)15-12(17)5-4-6-13(15)18/h4-6,14H,7-11,19H2,1-3H3. The fourth-order valence-corrected chi connectivity index (χ4v) is 2.98. The van der Waals surface area contributed by atoms with Gasteiger partial charge in [0.25, 0.3) is 0 Å². The zero-order chi connectivity index (χ0) is 15.6. The first-order chi connectivity index (χ1) is 9.84. The van der Waals surface area contributed by atoms with E-state index in [4.69, 9.17) is 5.73 Å². The van der Waals surface area contributed by atoms with E-state index in [1.54, 1.807) is 0 Å². The molecule has 118 valence electrons. The first-order valence-electron chi connectivity index (χ1n) is 7.47. The van der Waals surface area contributed by atoms with E-state index in [0.717, 1.165) is 26.2 Å². The molecule has 0 aromatic heterocycles. The molecule has 1 unspecified atom stereocenters. The lowest BCUT2D eigenvalue weighted by molar-refractivity contribution is 0.0418. The molecule has 0 aliphatic carbocycles. The van der Waals surface area contributed by atoms with Gasteiger partial charge in [-0.05, 0) is 32.9 Å². The van der Waals surface area contributed by atoms with Gasteiger partial charge >= 0.3 is 0 Å². The normalized spacial score (nSPS) is 19.7. The predicted molar refractivity (Wildman–Crippen MR) is 81.1 cm³/mol. The van der Waals surface area contributed by atoms with Gasteiger partial charge < -0.3 is 5.73 Å². The van der Waals surface area contributed by atoms with Crippen LogP contribution in [0, 0.1) is 11.6 Å². The van der Waals surface area contributed by atoms with Crippen molar-refractivity contribution >= 4 is 0 Å². The van der Waals surface area contributed by atoms with E-state index in [2.05, 4.69) is 30.6 Å². The number of rotatable bonds is 3. The minimum atomic E-state index is -0.510. The van der Waals surface area contributed by atoms with Crippen LogP contribution in [0.5, 0.6) is 0 Å². The summed E-state index contributed by atoms with van der Waals surface area (Å²) < 4.78 is 28.0. The highest BCUT2D eigenvalue weighted by atomic mass is 19.1. The van der Waals surface area contributed by atoms with Gasteiger partial charge in [0.05, 0.1) is 6.04 Å². The van der Waals surface area contributed by atoms with Gasteiger partial charge in [0, 0.05) is 43.8 Å². The maximum Gasteiger partial charge on any atom is 0.130 e. The van der Waals surface area contributed by atoms with Crippen molar-refractivity contribution in [1.29, 1.82) is 0 Å². The number of nitrogens with two attached hydrogens (primary N) is 1. The Balaban J connectivity index is 2.14. The van der Waals surface area contributed by atoms with Crippen LogP contribution in [0.3, 0.4) is 0 Å². The summed E-state index contributed by atoms with van der Waals surface area (Å²) in [5, 5.41) is 0. The zero-order valence-corrected chi connectivity index (χ0v) is 13.1. The van der Waals surface area contributed by atoms with Crippen LogP contribution in [0.15, 0.2) is 18.2 Å². The summed E-state index contributed by atoms with van der Waals surface area (Å²) in [7, 11) is 0. The van der Waals surface area contributed by atoms with Gasteiger partial charge in [-0.1, -0.05) is 6.07 Å². The minimum absolute atomic E-state index is 0.101. The van der Waals surface area contributed by atoms with Crippen LogP contribution in [0.1, 0.15) is 32.4 Å². The van der Waals surface area contributed by atoms with Gasteiger partial charge in [-0.2, -0.15) is 0 Å². The molecule has 0 radical (unpaired) electrons. The summed E-state index contributed by atoms with van der Waals surface area (Å²) in [4.78, 5) is 4.47. The van der Waals surface area contributed by atoms with Crippen LogP contribution in [0.2, 0.25) is 0 Å². The molecular weight excluding hydrogens is 272 g/mol. The number of halogens is 2. The van der Waals surface area contributed by atoms with Crippen LogP contribution >= 0.6 is 0 Å². The molecule has 3 nitrogen and oxygen atoms in total. The average Bonchev–Trinajstić information content (AvgIpc) is 2.42. The summed E-state index contributed by atoms with van der Waals surface area (Å²) in [5.41, 5.74) is 6.02. The Bertz CT molecular complexity index is 457. The largest absolute Gasteiger partial charge is 0.329 e. The number of hydrogen-bond donors (Lipinski definition) is 1. The van der Waals surface area contributed by atoms with Crippen molar-refractivity contribution in [2.75, 3.05) is 32.7 Å². The molecule has 1 aromatic carbocycles. The lowest BCUT2D eigenvalue weighted by Gasteiger charge is -2.44. The maximum atomic E-state index is 14.0. The summed E-state index contributed by atoms with van der Waals surface area (Å²) in [6.45, 7) is 10.1. The second-order valence-corrected chi connectivity index (χ2v) is 6.58. The van der Waals surface area contributed by atoms with Gasteiger partial charge in [0.1, 0.15) is 11.6 Å². The number of nitrogens with zero attached hydrogens (tertiary/aromatic N) is 2. The molecule has 0 saturated carbocycles. The van der Waals surface area contributed by atoms with Crippen LogP contribution in [0.25, 0.3) is 0 Å². The van der Waals surface area contributed by atoms with Crippen molar-refractivity contribution in [3.05, 3.63) is 35.4 Å². The van der Waals surface area contributed by atoms with E-state index >= 15 is 0 Å². The first-order valence-corrected chi connectivity index (χ1v) is 7.47. The SMILES string of the molecule is CC(C)(C)N1CCN(C(CN)c2c(F)cccc2F)CC1. The van der Waals surface area contributed by atoms with E-state index in [9.17, 15) is 8.78 Å². The second-order valence-electron chi connectivity index (χ2n) is 6.58. The maximum absolute atomic E-state index is 14.0. The van der Waals surface area contributed by atoms with Crippen LogP contribution < -0.4 is 5.73 Å². The molecule has 2 rings (SSSR count). The highest BCUT2D eigenvalue weighted by molar-refractivity contribution is 5.24. The second kappa shape index (κ2) is 6.38. The smallest absolute Gasteiger partial charge is 0.130 e. The third kappa shape index (κ3) is 3.59. The van der Waals surface area contributed by atoms with Crippen molar-refractivity contribution in [3.63, 3.8) is 0 Å². The van der Waals surface area contributed by atoms with E-state index in [1.165, 1.54) is 18.2 Å². The molecule has 0 amide bonds. The molecule has 21 heavy (non-hydrogen) atoms. The Morgan fingerprint density at radius 3 is 2.05 bits per heavy atom. The average molecular weight is 297 g/mol. The zero-order valence-electron chi connectivity index (χ0n) is 13.1. The van der Waals surface area contributed by atoms with Gasteiger partial charge in [-0.25, -0.2) is 8.78 Å². The van der Waals surface area contributed by atoms with E-state index in [-0.39, 0.29) is 17.6 Å². The van der Waals surface area contributed by atoms with E-state index in [0.29, 0.717) is 0 Å². The molecular formula is C16H25F2N3. The third-order valence-corrected chi connectivity index (χ3v) is 4.26. The topological polar surface area (TPSA) is 32.5 Å². The Labute approximate surface area is 125 Å². The van der Waals surface area contributed by atoms with Crippen molar-refractivity contribution in [1.82, 2.24) is 9.80 Å². The molecule has 2 N–H and O–H groups in total. The fraction of sp³-hybridized carbons (Fsp3) is 0.625. The number of piperazine rings is 1. The molecule has 5 heteroatoms. The van der Waals surface area contributed by atoms with Crippen LogP contribution in [-0.2, 0) is 0 Å². The highest BCUT2D eigenvalue weighted by Crippen LogP contribution is 2.27. The molecule has 1 aliphatic rings. The van der Waals surface area contributed by atoms with E-state index < -0.39 is 17.7 Å². The number of hydrogen-bond acceptors (Lipinski definition) is 3. The molecule has 1 aromatic rings. The Morgan fingerprint density at radius 1 is 1.10 bits per heavy atom. The first kappa shape index (κ1) is 16.3. The summed E-state index contributed by atoms with van der Waals surface area (Å²) in [5.74, 6) is -1.02. The molecule has 1 saturated heterocycles. The third-order valence-electron chi connectivity index (χ3n) is 4.26. The molecule has 1 aliphatic heterocycles. The Morgan fingerprint density at radius 2 is 1.62 bits per heavy atom. The number of benzene rings is 1. The lowest BCUT2D eigenvalue weighted by atomic mass is 10.0. The Hall–Kier alpha value is -1.04. The molecule has 1 atom stereocenters. The van der Waals surface area contributed by atoms with Crippen molar-refractivity contribution in [2.45, 2.75) is 32.4 Å². The molecule has 0 spiro atoms. The van der Waals surface area contributed by atoms with Gasteiger partial charge in [-0.3, -0.25) is 9.80 Å². The Kier molecular flexibility index (Phi) is 4.96. The highest BCUT2D eigenvalue weighted by Gasteiger charge is 2.31. The van der Waals surface area contributed by atoms with Crippen molar-refractivity contribution in [2.24, 2.45) is 5.73 Å². The van der Waals surface area contributed by atoms with Gasteiger partial charge in [0.2, 0.25) is 0 Å². The van der Waals surface area contributed by atoms with E-state index in [1.807, 2.05) is 0 Å². The van der Waals surface area contributed by atoms with Gasteiger partial charge in [-0.15, -0.1) is 0 Å². The van der Waals surface area contributed by atoms with Crippen molar-refractivity contribution < 1.29 is 8.78 Å². The quantitative estimate of drug-likeness (QED) is 0.930. The summed E-state index contributed by atoms with van der Waals surface area (Å²) >= 11 is 0. The van der Waals surface area contributed by atoms with Crippen LogP contribution in [-0.4, -0.2) is 48.1 Å². The molecule has 1 heterocycles. The lowest BCUT2D eigenvalue weighted by Crippen LogP contribution is -2.54. The fourth-order valence-electron chi connectivity index (χ4n) is 2.98. The summed E-state index contributed by atoms with van der Waals surface area (Å²) in [6.07, 6.45) is 0. The predicted octanol–water partition coefficient (Wildman–Crippen LogP) is 2.38. The van der Waals surface area contributed by atoms with Crippen LogP contribution in [0.4, 0.5) is 8.78 Å². The minimum Gasteiger partial charge on any atom is -0.329 e. The summed E-state index contributed by atoms with van der Waals surface area (Å²) in [6, 6.07) is 3.59. The van der Waals surface area contributed by atoms with Gasteiger partial charge in [0.15, 0.2) is 0 Å².